The number of hydrogen-bond donors (Lipinski definition) is 2. The summed E-state index contributed by atoms with van der Waals surface area (Å²) in [7, 11) is -2.15. The molecule has 6 heteroatoms. The number of ether oxygens (including phenoxy) is 1. The van der Waals surface area contributed by atoms with Gasteiger partial charge in [0.15, 0.2) is 0 Å². The van der Waals surface area contributed by atoms with Gasteiger partial charge < -0.3 is 9.84 Å². The van der Waals surface area contributed by atoms with E-state index in [4.69, 9.17) is 4.74 Å². The first-order valence-electron chi connectivity index (χ1n) is 7.76. The van der Waals surface area contributed by atoms with Crippen LogP contribution in [-0.4, -0.2) is 27.2 Å². The highest BCUT2D eigenvalue weighted by Gasteiger charge is 2.20. The lowest BCUT2D eigenvalue weighted by Crippen LogP contribution is -2.25. The number of phenolic OH excluding ortho intramolecular Hbond substituents is 1. The summed E-state index contributed by atoms with van der Waals surface area (Å²) in [5.41, 5.74) is 2.94. The predicted octanol–water partition coefficient (Wildman–Crippen LogP) is 2.93. The summed E-state index contributed by atoms with van der Waals surface area (Å²) in [5.74, 6) is 0.574. The Labute approximate surface area is 143 Å². The fraction of sp³-hybridized carbons (Fsp3) is 0.333. The van der Waals surface area contributed by atoms with Crippen molar-refractivity contribution in [3.8, 4) is 11.5 Å². The number of hydrogen-bond acceptors (Lipinski definition) is 4. The van der Waals surface area contributed by atoms with Gasteiger partial charge in [-0.25, -0.2) is 13.1 Å². The van der Waals surface area contributed by atoms with E-state index in [1.807, 2.05) is 26.0 Å². The molecular weight excluding hydrogens is 326 g/mol. The Balaban J connectivity index is 2.01. The Morgan fingerprint density at radius 3 is 2.33 bits per heavy atom. The first-order valence-corrected chi connectivity index (χ1v) is 9.24. The first kappa shape index (κ1) is 18.3. The summed E-state index contributed by atoms with van der Waals surface area (Å²) >= 11 is 0. The highest BCUT2D eigenvalue weighted by molar-refractivity contribution is 7.89. The van der Waals surface area contributed by atoms with E-state index in [-0.39, 0.29) is 10.6 Å². The minimum Gasteiger partial charge on any atom is -0.508 e. The van der Waals surface area contributed by atoms with Crippen LogP contribution in [0.4, 0.5) is 0 Å². The molecule has 0 saturated carbocycles. The monoisotopic (exact) mass is 349 g/mol. The zero-order chi connectivity index (χ0) is 17.7. The molecule has 0 fully saturated rings. The van der Waals surface area contributed by atoms with Crippen molar-refractivity contribution in [2.75, 3.05) is 13.7 Å². The molecule has 130 valence electrons. The van der Waals surface area contributed by atoms with Crippen LogP contribution >= 0.6 is 0 Å². The number of aryl methyl sites for hydroxylation is 3. The second kappa shape index (κ2) is 7.68. The number of methoxy groups -OCH3 is 1. The largest absolute Gasteiger partial charge is 0.508 e. The normalized spacial score (nSPS) is 11.5. The fourth-order valence-electron chi connectivity index (χ4n) is 2.37. The van der Waals surface area contributed by atoms with Gasteiger partial charge >= 0.3 is 0 Å². The molecule has 2 aromatic carbocycles. The van der Waals surface area contributed by atoms with Crippen molar-refractivity contribution < 1.29 is 18.3 Å². The van der Waals surface area contributed by atoms with Gasteiger partial charge in [-0.1, -0.05) is 12.1 Å². The summed E-state index contributed by atoms with van der Waals surface area (Å²) in [5, 5.41) is 9.25. The Bertz CT molecular complexity index is 799. The highest BCUT2D eigenvalue weighted by Crippen LogP contribution is 2.27. The molecule has 0 bridgehead atoms. The predicted molar refractivity (Wildman–Crippen MR) is 94.1 cm³/mol. The van der Waals surface area contributed by atoms with Crippen molar-refractivity contribution in [3.63, 3.8) is 0 Å². The first-order chi connectivity index (χ1) is 11.3. The Morgan fingerprint density at radius 1 is 1.08 bits per heavy atom. The van der Waals surface area contributed by atoms with Crippen molar-refractivity contribution >= 4 is 10.0 Å². The van der Waals surface area contributed by atoms with E-state index in [0.29, 0.717) is 18.7 Å². The number of aromatic hydroxyl groups is 1. The maximum atomic E-state index is 12.5. The third-order valence-corrected chi connectivity index (χ3v) is 5.42. The standard InChI is InChI=1S/C18H23NO4S/c1-13-11-17(23-3)18(12-14(13)2)24(21,22)19-10-4-5-15-6-8-16(20)9-7-15/h6-9,11-12,19-20H,4-5,10H2,1-3H3. The average molecular weight is 349 g/mol. The molecule has 0 atom stereocenters. The minimum absolute atomic E-state index is 0.165. The lowest BCUT2D eigenvalue weighted by Gasteiger charge is -2.13. The van der Waals surface area contributed by atoms with Crippen LogP contribution in [0, 0.1) is 13.8 Å². The second-order valence-electron chi connectivity index (χ2n) is 5.76. The number of benzene rings is 2. The molecule has 24 heavy (non-hydrogen) atoms. The van der Waals surface area contributed by atoms with Crippen molar-refractivity contribution in [1.82, 2.24) is 4.72 Å². The molecule has 0 aromatic heterocycles. The maximum Gasteiger partial charge on any atom is 0.244 e. The molecule has 5 nitrogen and oxygen atoms in total. The van der Waals surface area contributed by atoms with Crippen molar-refractivity contribution in [1.29, 1.82) is 0 Å². The van der Waals surface area contributed by atoms with Crippen LogP contribution in [0.25, 0.3) is 0 Å². The summed E-state index contributed by atoms with van der Waals surface area (Å²) in [6.45, 7) is 4.12. The summed E-state index contributed by atoms with van der Waals surface area (Å²) in [4.78, 5) is 0.165. The smallest absolute Gasteiger partial charge is 0.244 e. The lowest BCUT2D eigenvalue weighted by atomic mass is 10.1. The van der Waals surface area contributed by atoms with E-state index in [1.165, 1.54) is 7.11 Å². The van der Waals surface area contributed by atoms with Crippen LogP contribution in [0.1, 0.15) is 23.1 Å². The topological polar surface area (TPSA) is 75.6 Å². The van der Waals surface area contributed by atoms with E-state index in [0.717, 1.165) is 23.1 Å². The van der Waals surface area contributed by atoms with Gasteiger partial charge in [-0.3, -0.25) is 0 Å². The molecule has 0 aliphatic heterocycles. The third-order valence-electron chi connectivity index (χ3n) is 3.94. The van der Waals surface area contributed by atoms with E-state index >= 15 is 0 Å². The summed E-state index contributed by atoms with van der Waals surface area (Å²) < 4.78 is 32.8. The molecule has 0 aliphatic rings. The molecule has 0 unspecified atom stereocenters. The average Bonchev–Trinajstić information content (AvgIpc) is 2.55. The van der Waals surface area contributed by atoms with Gasteiger partial charge in [-0.15, -0.1) is 0 Å². The molecule has 0 heterocycles. The van der Waals surface area contributed by atoms with E-state index in [1.54, 1.807) is 24.3 Å². The van der Waals surface area contributed by atoms with Crippen molar-refractivity contribution in [2.45, 2.75) is 31.6 Å². The number of phenols is 1. The van der Waals surface area contributed by atoms with Crippen molar-refractivity contribution in [2.24, 2.45) is 0 Å². The van der Waals surface area contributed by atoms with Gasteiger partial charge in [0.2, 0.25) is 10.0 Å². The van der Waals surface area contributed by atoms with Gasteiger partial charge in [-0.05, 0) is 67.6 Å². The van der Waals surface area contributed by atoms with Gasteiger partial charge in [0, 0.05) is 6.54 Å². The zero-order valence-corrected chi connectivity index (χ0v) is 15.0. The Kier molecular flexibility index (Phi) is 5.85. The molecule has 2 rings (SSSR count). The van der Waals surface area contributed by atoms with E-state index < -0.39 is 10.0 Å². The van der Waals surface area contributed by atoms with Gasteiger partial charge in [0.25, 0.3) is 0 Å². The molecule has 0 spiro atoms. The minimum atomic E-state index is -3.62. The van der Waals surface area contributed by atoms with Crippen LogP contribution in [0.5, 0.6) is 11.5 Å². The highest BCUT2D eigenvalue weighted by atomic mass is 32.2. The number of nitrogens with one attached hydrogen (secondary N) is 1. The van der Waals surface area contributed by atoms with Crippen LogP contribution < -0.4 is 9.46 Å². The molecule has 0 amide bonds. The SMILES string of the molecule is COc1cc(C)c(C)cc1S(=O)(=O)NCCCc1ccc(O)cc1. The molecule has 0 radical (unpaired) electrons. The van der Waals surface area contributed by atoms with E-state index in [9.17, 15) is 13.5 Å². The molecular formula is C18H23NO4S. The second-order valence-corrected chi connectivity index (χ2v) is 7.49. The Hall–Kier alpha value is -2.05. The van der Waals surface area contributed by atoms with E-state index in [2.05, 4.69) is 4.72 Å². The van der Waals surface area contributed by atoms with Crippen LogP contribution in [0.15, 0.2) is 41.3 Å². The zero-order valence-electron chi connectivity index (χ0n) is 14.2. The lowest BCUT2D eigenvalue weighted by molar-refractivity contribution is 0.401. The molecule has 0 aliphatic carbocycles. The number of rotatable bonds is 7. The van der Waals surface area contributed by atoms with Crippen LogP contribution in [-0.2, 0) is 16.4 Å². The quantitative estimate of drug-likeness (QED) is 0.754. The van der Waals surface area contributed by atoms with Crippen molar-refractivity contribution in [3.05, 3.63) is 53.1 Å². The third kappa shape index (κ3) is 4.49. The number of sulfonamides is 1. The Morgan fingerprint density at radius 2 is 1.71 bits per heavy atom. The van der Waals surface area contributed by atoms with Crippen LogP contribution in [0.3, 0.4) is 0 Å². The molecule has 2 N–H and O–H groups in total. The van der Waals surface area contributed by atoms with Crippen LogP contribution in [0.2, 0.25) is 0 Å². The summed E-state index contributed by atoms with van der Waals surface area (Å²) in [6.07, 6.45) is 1.39. The molecule has 2 aromatic rings. The summed E-state index contributed by atoms with van der Waals surface area (Å²) in [6, 6.07) is 10.3. The van der Waals surface area contributed by atoms with Gasteiger partial charge in [0.05, 0.1) is 7.11 Å². The molecule has 0 saturated heterocycles. The van der Waals surface area contributed by atoms with Gasteiger partial charge in [-0.2, -0.15) is 0 Å². The maximum absolute atomic E-state index is 12.5. The van der Waals surface area contributed by atoms with Gasteiger partial charge in [0.1, 0.15) is 16.4 Å². The fourth-order valence-corrected chi connectivity index (χ4v) is 3.68.